The van der Waals surface area contributed by atoms with Crippen LogP contribution in [0.25, 0.3) is 6.08 Å². The second-order valence-corrected chi connectivity index (χ2v) is 13.6. The van der Waals surface area contributed by atoms with Crippen molar-refractivity contribution in [1.29, 1.82) is 0 Å². The monoisotopic (exact) mass is 787 g/mol. The molecule has 0 aliphatic carbocycles. The number of hydrogen-bond donors (Lipinski definition) is 1. The molecule has 4 aromatic carbocycles. The average Bonchev–Trinajstić information content (AvgIpc) is 3.38. The normalized spacial score (nSPS) is 14.3. The van der Waals surface area contributed by atoms with Crippen LogP contribution in [0.2, 0.25) is 0 Å². The maximum Gasteiger partial charge on any atom is 0.271 e. The molecule has 6 rings (SSSR count). The fraction of sp³-hybridized carbons (Fsp3) is 0.162. The number of nitrogens with zero attached hydrogens (tertiary/aromatic N) is 2. The molecule has 1 aliphatic rings. The van der Waals surface area contributed by atoms with E-state index in [0.29, 0.717) is 61.2 Å². The molecule has 0 bridgehead atoms. The van der Waals surface area contributed by atoms with Crippen molar-refractivity contribution < 1.29 is 19.0 Å². The topological polar surface area (TPSA) is 91.2 Å². The minimum atomic E-state index is -0.710. The first-order valence-electron chi connectivity index (χ1n) is 15.1. The highest BCUT2D eigenvalue weighted by Gasteiger charge is 2.32. The van der Waals surface area contributed by atoms with Crippen LogP contribution < -0.4 is 34.4 Å². The summed E-state index contributed by atoms with van der Waals surface area (Å²) >= 11 is 8.36. The summed E-state index contributed by atoms with van der Waals surface area (Å²) in [5, 5.41) is 2.98. The second-order valence-electron chi connectivity index (χ2n) is 10.9. The van der Waals surface area contributed by atoms with E-state index in [1.165, 1.54) is 11.3 Å². The van der Waals surface area contributed by atoms with Gasteiger partial charge < -0.3 is 19.5 Å². The van der Waals surface area contributed by atoms with E-state index < -0.39 is 6.04 Å². The Morgan fingerprint density at radius 1 is 1.00 bits per heavy atom. The molecule has 1 atom stereocenters. The minimum absolute atomic E-state index is 0.263. The van der Waals surface area contributed by atoms with Gasteiger partial charge in [-0.3, -0.25) is 14.2 Å². The third kappa shape index (κ3) is 7.18. The van der Waals surface area contributed by atoms with Crippen molar-refractivity contribution in [3.63, 3.8) is 0 Å². The summed E-state index contributed by atoms with van der Waals surface area (Å²) in [7, 11) is 1.58. The van der Waals surface area contributed by atoms with E-state index in [4.69, 9.17) is 19.2 Å². The molecule has 1 N–H and O–H groups in total. The van der Waals surface area contributed by atoms with Crippen molar-refractivity contribution >= 4 is 60.9 Å². The Bertz CT molecular complexity index is 2180. The maximum absolute atomic E-state index is 14.2. The number of aromatic nitrogens is 1. The van der Waals surface area contributed by atoms with E-state index in [9.17, 15) is 9.59 Å². The molecule has 0 saturated heterocycles. The summed E-state index contributed by atoms with van der Waals surface area (Å²) in [5.41, 5.74) is 3.80. The molecule has 2 heterocycles. The largest absolute Gasteiger partial charge is 0.494 e. The number of ether oxygens (including phenoxy) is 3. The number of rotatable bonds is 10. The number of carbonyl (C=O) groups is 1. The predicted molar refractivity (Wildman–Crippen MR) is 196 cm³/mol. The molecular weight excluding hydrogens is 758 g/mol. The fourth-order valence-electron chi connectivity index (χ4n) is 5.41. The zero-order chi connectivity index (χ0) is 33.8. The van der Waals surface area contributed by atoms with Crippen LogP contribution in [0.15, 0.2) is 121 Å². The lowest BCUT2D eigenvalue weighted by Crippen LogP contribution is -2.40. The first-order chi connectivity index (χ1) is 23.2. The lowest BCUT2D eigenvalue weighted by Gasteiger charge is -2.25. The fourth-order valence-corrected chi connectivity index (χ4v) is 7.30. The van der Waals surface area contributed by atoms with E-state index in [2.05, 4.69) is 37.2 Å². The van der Waals surface area contributed by atoms with Gasteiger partial charge in [-0.1, -0.05) is 69.7 Å². The van der Waals surface area contributed by atoms with Gasteiger partial charge in [0, 0.05) is 10.2 Å². The Morgan fingerprint density at radius 2 is 1.73 bits per heavy atom. The van der Waals surface area contributed by atoms with Crippen LogP contribution in [0, 0.1) is 0 Å². The molecule has 1 aromatic heterocycles. The average molecular weight is 790 g/mol. The first kappa shape index (κ1) is 33.5. The summed E-state index contributed by atoms with van der Waals surface area (Å²) in [5.74, 6) is 1.44. The number of methoxy groups -OCH3 is 1. The molecule has 1 aliphatic heterocycles. The van der Waals surface area contributed by atoms with Gasteiger partial charge in [0.15, 0.2) is 16.3 Å². The van der Waals surface area contributed by atoms with E-state index >= 15 is 0 Å². The number of anilines is 1. The van der Waals surface area contributed by atoms with Crippen LogP contribution in [0.3, 0.4) is 0 Å². The van der Waals surface area contributed by atoms with Crippen molar-refractivity contribution in [2.24, 2.45) is 4.99 Å². The molecular formula is C37H31Br2N3O5S. The Kier molecular flexibility index (Phi) is 10.3. The van der Waals surface area contributed by atoms with Crippen molar-refractivity contribution in [2.75, 3.05) is 19.0 Å². The van der Waals surface area contributed by atoms with Gasteiger partial charge in [0.2, 0.25) is 0 Å². The highest BCUT2D eigenvalue weighted by molar-refractivity contribution is 9.10. The summed E-state index contributed by atoms with van der Waals surface area (Å²) in [6, 6.07) is 27.6. The predicted octanol–water partition coefficient (Wildman–Crippen LogP) is 7.39. The minimum Gasteiger partial charge on any atom is -0.494 e. The number of fused-ring (bicyclic) bond motifs is 1. The van der Waals surface area contributed by atoms with Crippen molar-refractivity contribution in [1.82, 2.24) is 4.57 Å². The molecule has 244 valence electrons. The van der Waals surface area contributed by atoms with Gasteiger partial charge in [0.25, 0.3) is 11.5 Å². The van der Waals surface area contributed by atoms with Gasteiger partial charge >= 0.3 is 0 Å². The maximum atomic E-state index is 14.2. The van der Waals surface area contributed by atoms with E-state index in [1.54, 1.807) is 24.7 Å². The number of thiazole rings is 1. The number of amides is 1. The molecule has 11 heteroatoms. The van der Waals surface area contributed by atoms with Gasteiger partial charge in [-0.2, -0.15) is 0 Å². The van der Waals surface area contributed by atoms with Crippen LogP contribution in [0.1, 0.15) is 36.6 Å². The highest BCUT2D eigenvalue weighted by atomic mass is 79.9. The van der Waals surface area contributed by atoms with Crippen LogP contribution >= 0.6 is 43.2 Å². The lowest BCUT2D eigenvalue weighted by molar-refractivity contribution is -0.113. The number of nitrogens with one attached hydrogen (secondary N) is 1. The summed E-state index contributed by atoms with van der Waals surface area (Å²) in [6.45, 7) is 4.60. The van der Waals surface area contributed by atoms with Crippen LogP contribution in [0.4, 0.5) is 5.69 Å². The van der Waals surface area contributed by atoms with Gasteiger partial charge in [-0.15, -0.1) is 0 Å². The quantitative estimate of drug-likeness (QED) is 0.160. The smallest absolute Gasteiger partial charge is 0.271 e. The molecule has 0 unspecified atom stereocenters. The number of benzene rings is 4. The Balaban J connectivity index is 1.40. The van der Waals surface area contributed by atoms with Crippen LogP contribution in [-0.4, -0.2) is 24.2 Å². The van der Waals surface area contributed by atoms with Gasteiger partial charge in [0.05, 0.1) is 40.0 Å². The number of carbonyl (C=O) groups excluding carboxylic acids is 1. The van der Waals surface area contributed by atoms with Crippen molar-refractivity contribution in [2.45, 2.75) is 26.5 Å². The highest BCUT2D eigenvalue weighted by Crippen LogP contribution is 2.38. The molecule has 5 aromatic rings. The summed E-state index contributed by atoms with van der Waals surface area (Å²) in [6.07, 6.45) is 1.80. The van der Waals surface area contributed by atoms with Crippen LogP contribution in [0.5, 0.6) is 17.2 Å². The SMILES string of the molecule is CCOc1ccc([C@@H]2C(C(=O)Nc3ccccc3)=C(C)N=c3s/c(=C\c4cc(Br)c(OCc5ccc(Br)cc5)c(OC)c4)c(=O)n32)cc1. The van der Waals surface area contributed by atoms with Crippen molar-refractivity contribution in [3.05, 3.63) is 148 Å². The standard InChI is InChI=1S/C37H31Br2N3O5S/c1-4-46-28-16-12-25(13-17-28)33-32(35(43)41-27-8-6-5-7-9-27)22(2)40-37-42(33)36(44)31(48-37)20-24-18-29(39)34(30(19-24)45-3)47-21-23-10-14-26(38)15-11-23/h5-20,33H,4,21H2,1-3H3,(H,41,43)/b31-20-/t33-/m1/s1. The second kappa shape index (κ2) is 14.8. The molecule has 8 nitrogen and oxygen atoms in total. The zero-order valence-corrected chi connectivity index (χ0v) is 30.3. The van der Waals surface area contributed by atoms with Gasteiger partial charge in [-0.05, 0) is 101 Å². The summed E-state index contributed by atoms with van der Waals surface area (Å²) in [4.78, 5) is 33.3. The number of hydrogen-bond acceptors (Lipinski definition) is 7. The van der Waals surface area contributed by atoms with Gasteiger partial charge in [0.1, 0.15) is 12.4 Å². The van der Waals surface area contributed by atoms with E-state index in [1.807, 2.05) is 97.9 Å². The van der Waals surface area contributed by atoms with Gasteiger partial charge in [-0.25, -0.2) is 4.99 Å². The Hall–Kier alpha value is -4.45. The lowest BCUT2D eigenvalue weighted by atomic mass is 9.95. The van der Waals surface area contributed by atoms with E-state index in [-0.39, 0.29) is 11.5 Å². The van der Waals surface area contributed by atoms with Crippen molar-refractivity contribution in [3.8, 4) is 17.2 Å². The number of para-hydroxylation sites is 1. The Labute approximate surface area is 298 Å². The van der Waals surface area contributed by atoms with Crippen LogP contribution in [-0.2, 0) is 11.4 Å². The first-order valence-corrected chi connectivity index (χ1v) is 17.5. The van der Waals surface area contributed by atoms with E-state index in [0.717, 1.165) is 21.2 Å². The molecule has 0 radical (unpaired) electrons. The molecule has 1 amide bonds. The third-order valence-electron chi connectivity index (χ3n) is 7.65. The molecule has 48 heavy (non-hydrogen) atoms. The Morgan fingerprint density at radius 3 is 2.42 bits per heavy atom. The number of allylic oxidation sites excluding steroid dienone is 1. The number of halogens is 2. The summed E-state index contributed by atoms with van der Waals surface area (Å²) < 4.78 is 21.2. The zero-order valence-electron chi connectivity index (χ0n) is 26.3. The molecule has 0 spiro atoms. The molecule has 0 saturated carbocycles. The molecule has 0 fully saturated rings. The third-order valence-corrected chi connectivity index (χ3v) is 9.75.